The second-order valence-electron chi connectivity index (χ2n) is 9.66. The molecule has 3 aliphatic rings. The average molecular weight is 504 g/mol. The largest absolute Gasteiger partial charge is 0.486 e. The van der Waals surface area contributed by atoms with Crippen LogP contribution in [0.2, 0.25) is 0 Å². The van der Waals surface area contributed by atoms with Crippen molar-refractivity contribution in [3.05, 3.63) is 58.9 Å². The minimum atomic E-state index is -1.23. The van der Waals surface area contributed by atoms with Crippen LogP contribution in [0.25, 0.3) is 0 Å². The van der Waals surface area contributed by atoms with Gasteiger partial charge in [-0.25, -0.2) is 13.2 Å². The summed E-state index contributed by atoms with van der Waals surface area (Å²) in [4.78, 5) is 27.7. The summed E-state index contributed by atoms with van der Waals surface area (Å²) in [6.07, 6.45) is 3.01. The highest BCUT2D eigenvalue weighted by Gasteiger charge is 2.44. The number of rotatable bonds is 6. The predicted molar refractivity (Wildman–Crippen MR) is 124 cm³/mol. The van der Waals surface area contributed by atoms with Crippen molar-refractivity contribution in [2.45, 2.75) is 50.2 Å². The van der Waals surface area contributed by atoms with Gasteiger partial charge in [0.25, 0.3) is 5.91 Å². The van der Waals surface area contributed by atoms with Crippen LogP contribution < -0.4 is 20.5 Å². The molecule has 192 valence electrons. The molecule has 0 saturated carbocycles. The standard InChI is InChI=1S/C26H28F3N3O4/c27-19-12-21(29)20(28)10-14(19)11-22(30)15-8-16-4-5-17(9-15)32(16)24(33)13-31-26(34)18-2-1-3-23-25(18)36-7-6-35-23/h1-3,10,12,15-17,22H,4-9,11,13,30H2,(H,31,34)/t15?,16-,17+,22-/m1/s1. The van der Waals surface area contributed by atoms with Gasteiger partial charge in [0.1, 0.15) is 19.0 Å². The monoisotopic (exact) mass is 503 g/mol. The lowest BCUT2D eigenvalue weighted by Crippen LogP contribution is -2.52. The van der Waals surface area contributed by atoms with Crippen LogP contribution >= 0.6 is 0 Å². The first-order valence-corrected chi connectivity index (χ1v) is 12.2. The number of hydrogen-bond donors (Lipinski definition) is 2. The fourth-order valence-electron chi connectivity index (χ4n) is 5.71. The molecule has 3 N–H and O–H groups in total. The number of nitrogens with zero attached hydrogens (tertiary/aromatic N) is 1. The van der Waals surface area contributed by atoms with Crippen LogP contribution in [0.1, 0.15) is 41.6 Å². The average Bonchev–Trinajstić information content (AvgIpc) is 3.14. The number of carbonyl (C=O) groups is 2. The van der Waals surface area contributed by atoms with Crippen molar-refractivity contribution in [2.24, 2.45) is 11.7 Å². The van der Waals surface area contributed by atoms with Crippen molar-refractivity contribution in [1.82, 2.24) is 10.2 Å². The van der Waals surface area contributed by atoms with Crippen LogP contribution in [0.3, 0.4) is 0 Å². The quantitative estimate of drug-likeness (QED) is 0.592. The third kappa shape index (κ3) is 4.74. The van der Waals surface area contributed by atoms with Gasteiger partial charge in [-0.15, -0.1) is 0 Å². The van der Waals surface area contributed by atoms with Gasteiger partial charge >= 0.3 is 0 Å². The first-order valence-electron chi connectivity index (χ1n) is 12.2. The molecule has 0 aromatic heterocycles. The molecule has 5 rings (SSSR count). The zero-order valence-electron chi connectivity index (χ0n) is 19.6. The maximum atomic E-state index is 14.1. The van der Waals surface area contributed by atoms with Crippen molar-refractivity contribution in [3.8, 4) is 11.5 Å². The van der Waals surface area contributed by atoms with Crippen LogP contribution in [0.5, 0.6) is 11.5 Å². The Morgan fingerprint density at radius 3 is 2.47 bits per heavy atom. The van der Waals surface area contributed by atoms with Gasteiger partial charge in [-0.2, -0.15) is 0 Å². The van der Waals surface area contributed by atoms with E-state index in [0.717, 1.165) is 18.9 Å². The summed E-state index contributed by atoms with van der Waals surface area (Å²) in [5, 5.41) is 2.70. The van der Waals surface area contributed by atoms with E-state index in [2.05, 4.69) is 5.32 Å². The molecular formula is C26H28F3N3O4. The Morgan fingerprint density at radius 1 is 1.03 bits per heavy atom. The van der Waals surface area contributed by atoms with Gasteiger partial charge in [0, 0.05) is 24.2 Å². The van der Waals surface area contributed by atoms with E-state index in [1.54, 1.807) is 18.2 Å². The topological polar surface area (TPSA) is 93.9 Å². The van der Waals surface area contributed by atoms with Crippen molar-refractivity contribution in [1.29, 1.82) is 0 Å². The van der Waals surface area contributed by atoms with Gasteiger partial charge in [-0.1, -0.05) is 6.07 Å². The lowest BCUT2D eigenvalue weighted by atomic mass is 9.82. The Morgan fingerprint density at radius 2 is 1.72 bits per heavy atom. The number of carbonyl (C=O) groups excluding carboxylic acids is 2. The highest BCUT2D eigenvalue weighted by Crippen LogP contribution is 2.40. The Hall–Kier alpha value is -3.27. The van der Waals surface area contributed by atoms with Crippen LogP contribution in [-0.2, 0) is 11.2 Å². The molecule has 1 unspecified atom stereocenters. The number of ether oxygens (including phenoxy) is 2. The molecule has 36 heavy (non-hydrogen) atoms. The summed E-state index contributed by atoms with van der Waals surface area (Å²) < 4.78 is 52.0. The second kappa shape index (κ2) is 10.0. The zero-order valence-corrected chi connectivity index (χ0v) is 19.6. The minimum absolute atomic E-state index is 0.0154. The molecule has 7 nitrogen and oxygen atoms in total. The second-order valence-corrected chi connectivity index (χ2v) is 9.66. The summed E-state index contributed by atoms with van der Waals surface area (Å²) in [6.45, 7) is 0.612. The number of hydrogen-bond acceptors (Lipinski definition) is 5. The molecule has 0 radical (unpaired) electrons. The Kier molecular flexibility index (Phi) is 6.79. The molecule has 0 spiro atoms. The van der Waals surface area contributed by atoms with Crippen molar-refractivity contribution in [2.75, 3.05) is 19.8 Å². The third-order valence-electron chi connectivity index (χ3n) is 7.42. The van der Waals surface area contributed by atoms with Gasteiger partial charge < -0.3 is 25.4 Å². The number of benzene rings is 2. The zero-order chi connectivity index (χ0) is 25.4. The molecule has 3 aliphatic heterocycles. The van der Waals surface area contributed by atoms with Gasteiger partial charge in [0.05, 0.1) is 12.1 Å². The molecule has 3 heterocycles. The number of amides is 2. The SMILES string of the molecule is N[C@H](Cc1cc(F)c(F)cc1F)C1C[C@H]2CC[C@@H](C1)N2C(=O)CNC(=O)c1cccc2c1OCCO2. The fraction of sp³-hybridized carbons (Fsp3) is 0.462. The summed E-state index contributed by atoms with van der Waals surface area (Å²) >= 11 is 0. The molecule has 4 atom stereocenters. The number of piperidine rings is 1. The molecule has 2 aromatic carbocycles. The molecule has 2 saturated heterocycles. The molecular weight excluding hydrogens is 475 g/mol. The number of halogens is 3. The number of nitrogens with two attached hydrogens (primary N) is 1. The number of para-hydroxylation sites is 1. The molecule has 0 aliphatic carbocycles. The first-order chi connectivity index (χ1) is 17.3. The number of nitrogens with one attached hydrogen (secondary N) is 1. The summed E-state index contributed by atoms with van der Waals surface area (Å²) in [7, 11) is 0. The van der Waals surface area contributed by atoms with E-state index < -0.39 is 29.4 Å². The van der Waals surface area contributed by atoms with Gasteiger partial charge in [-0.3, -0.25) is 9.59 Å². The highest BCUT2D eigenvalue weighted by molar-refractivity contribution is 5.99. The lowest BCUT2D eigenvalue weighted by Gasteiger charge is -2.41. The maximum Gasteiger partial charge on any atom is 0.255 e. The lowest BCUT2D eigenvalue weighted by molar-refractivity contribution is -0.135. The molecule has 10 heteroatoms. The fourth-order valence-corrected chi connectivity index (χ4v) is 5.71. The minimum Gasteiger partial charge on any atom is -0.486 e. The predicted octanol–water partition coefficient (Wildman–Crippen LogP) is 2.94. The Balaban J connectivity index is 1.18. The molecule has 2 fully saturated rings. The maximum absolute atomic E-state index is 14.1. The van der Waals surface area contributed by atoms with Crippen molar-refractivity contribution in [3.63, 3.8) is 0 Å². The number of fused-ring (bicyclic) bond motifs is 3. The van der Waals surface area contributed by atoms with Gasteiger partial charge in [0.15, 0.2) is 23.1 Å². The van der Waals surface area contributed by atoms with E-state index in [4.69, 9.17) is 15.2 Å². The smallest absolute Gasteiger partial charge is 0.255 e. The van der Waals surface area contributed by atoms with Crippen molar-refractivity contribution < 1.29 is 32.2 Å². The Labute approximate surface area is 206 Å². The van der Waals surface area contributed by atoms with E-state index >= 15 is 0 Å². The molecule has 2 aromatic rings. The normalized spacial score (nSPS) is 23.3. The van der Waals surface area contributed by atoms with E-state index in [-0.39, 0.29) is 42.4 Å². The third-order valence-corrected chi connectivity index (χ3v) is 7.42. The van der Waals surface area contributed by atoms with E-state index in [1.807, 2.05) is 4.90 Å². The van der Waals surface area contributed by atoms with E-state index in [9.17, 15) is 22.8 Å². The van der Waals surface area contributed by atoms with E-state index in [1.165, 1.54) is 0 Å². The van der Waals surface area contributed by atoms with Gasteiger partial charge in [0.2, 0.25) is 5.91 Å². The molecule has 2 bridgehead atoms. The Bertz CT molecular complexity index is 1160. The summed E-state index contributed by atoms with van der Waals surface area (Å²) in [5.41, 5.74) is 6.73. The van der Waals surface area contributed by atoms with Crippen LogP contribution in [0, 0.1) is 23.4 Å². The van der Waals surface area contributed by atoms with Crippen LogP contribution in [-0.4, -0.2) is 54.6 Å². The van der Waals surface area contributed by atoms with Gasteiger partial charge in [-0.05, 0) is 61.8 Å². The van der Waals surface area contributed by atoms with Crippen LogP contribution in [0.4, 0.5) is 13.2 Å². The summed E-state index contributed by atoms with van der Waals surface area (Å²) in [5.74, 6) is -2.83. The van der Waals surface area contributed by atoms with E-state index in [0.29, 0.717) is 49.2 Å². The highest BCUT2D eigenvalue weighted by atomic mass is 19.2. The summed E-state index contributed by atoms with van der Waals surface area (Å²) in [6, 6.07) is 5.95. The van der Waals surface area contributed by atoms with Crippen molar-refractivity contribution >= 4 is 11.8 Å². The van der Waals surface area contributed by atoms with Crippen LogP contribution in [0.15, 0.2) is 30.3 Å². The molecule has 2 amide bonds. The first kappa shape index (κ1) is 24.4.